The highest BCUT2D eigenvalue weighted by Gasteiger charge is 2.21. The average Bonchev–Trinajstić information content (AvgIpc) is 2.50. The molecule has 0 bridgehead atoms. The smallest absolute Gasteiger partial charge is 0.133 e. The third-order valence-electron chi connectivity index (χ3n) is 4.07. The Morgan fingerprint density at radius 3 is 2.57 bits per heavy atom. The molecule has 1 N–H and O–H groups in total. The molecule has 2 heterocycles. The maximum absolute atomic E-state index is 4.81. The monoisotopic (exact) mass is 282 g/mol. The molecule has 0 spiro atoms. The summed E-state index contributed by atoms with van der Waals surface area (Å²) in [6, 6.07) is 12.8. The molecule has 0 saturated carbocycles. The molecule has 4 nitrogen and oxygen atoms in total. The van der Waals surface area contributed by atoms with Gasteiger partial charge in [0.2, 0.25) is 0 Å². The number of anilines is 3. The van der Waals surface area contributed by atoms with E-state index in [1.54, 1.807) is 0 Å². The topological polar surface area (TPSA) is 31.4 Å². The van der Waals surface area contributed by atoms with Gasteiger partial charge >= 0.3 is 0 Å². The van der Waals surface area contributed by atoms with E-state index in [9.17, 15) is 0 Å². The van der Waals surface area contributed by atoms with Crippen molar-refractivity contribution in [1.29, 1.82) is 0 Å². The van der Waals surface area contributed by atoms with Gasteiger partial charge in [0.1, 0.15) is 5.82 Å². The van der Waals surface area contributed by atoms with Crippen LogP contribution in [-0.2, 0) is 6.54 Å². The number of nitrogens with one attached hydrogen (secondary N) is 1. The van der Waals surface area contributed by atoms with Crippen molar-refractivity contribution in [3.8, 4) is 0 Å². The number of pyridine rings is 1. The Balaban J connectivity index is 1.98. The summed E-state index contributed by atoms with van der Waals surface area (Å²) >= 11 is 0. The van der Waals surface area contributed by atoms with E-state index in [0.29, 0.717) is 0 Å². The van der Waals surface area contributed by atoms with Crippen molar-refractivity contribution >= 4 is 17.2 Å². The standard InChI is InChI=1S/C17H22N4/c1-13-14(12-18-2)8-9-17(19-13)21-11-10-20(3)15-6-4-5-7-16(15)21/h4-9,18H,10-12H2,1-3H3. The quantitative estimate of drug-likeness (QED) is 0.938. The largest absolute Gasteiger partial charge is 0.371 e. The van der Waals surface area contributed by atoms with Crippen LogP contribution in [0.3, 0.4) is 0 Å². The zero-order valence-electron chi connectivity index (χ0n) is 12.9. The number of hydrogen-bond acceptors (Lipinski definition) is 4. The normalized spacial score (nSPS) is 14.2. The summed E-state index contributed by atoms with van der Waals surface area (Å²) in [5.41, 5.74) is 4.85. The van der Waals surface area contributed by atoms with Gasteiger partial charge in [0.15, 0.2) is 0 Å². The van der Waals surface area contributed by atoms with Crippen LogP contribution in [0.5, 0.6) is 0 Å². The lowest BCUT2D eigenvalue weighted by Crippen LogP contribution is -2.36. The van der Waals surface area contributed by atoms with Crippen LogP contribution in [-0.4, -0.2) is 32.2 Å². The number of aryl methyl sites for hydroxylation is 1. The third-order valence-corrected chi connectivity index (χ3v) is 4.07. The van der Waals surface area contributed by atoms with E-state index in [4.69, 9.17) is 4.98 Å². The second kappa shape index (κ2) is 5.74. The number of benzene rings is 1. The van der Waals surface area contributed by atoms with Crippen LogP contribution < -0.4 is 15.1 Å². The second-order valence-corrected chi connectivity index (χ2v) is 5.51. The Hall–Kier alpha value is -2.07. The highest BCUT2D eigenvalue weighted by Crippen LogP contribution is 2.36. The summed E-state index contributed by atoms with van der Waals surface area (Å²) in [5.74, 6) is 1.04. The lowest BCUT2D eigenvalue weighted by Gasteiger charge is -2.36. The zero-order valence-corrected chi connectivity index (χ0v) is 12.9. The van der Waals surface area contributed by atoms with Gasteiger partial charge in [0.25, 0.3) is 0 Å². The van der Waals surface area contributed by atoms with Gasteiger partial charge < -0.3 is 15.1 Å². The minimum atomic E-state index is 0.860. The fourth-order valence-corrected chi connectivity index (χ4v) is 2.85. The maximum atomic E-state index is 4.81. The van der Waals surface area contributed by atoms with E-state index in [0.717, 1.165) is 31.1 Å². The van der Waals surface area contributed by atoms with Crippen molar-refractivity contribution in [2.75, 3.05) is 37.0 Å². The van der Waals surface area contributed by atoms with Crippen LogP contribution in [0.15, 0.2) is 36.4 Å². The molecule has 0 amide bonds. The Labute approximate surface area is 126 Å². The van der Waals surface area contributed by atoms with Crippen LogP contribution in [0.4, 0.5) is 17.2 Å². The van der Waals surface area contributed by atoms with Crippen molar-refractivity contribution in [2.24, 2.45) is 0 Å². The Morgan fingerprint density at radius 2 is 1.86 bits per heavy atom. The van der Waals surface area contributed by atoms with Crippen molar-refractivity contribution in [1.82, 2.24) is 10.3 Å². The van der Waals surface area contributed by atoms with Crippen LogP contribution in [0, 0.1) is 6.92 Å². The molecule has 3 rings (SSSR count). The lowest BCUT2D eigenvalue weighted by atomic mass is 10.1. The highest BCUT2D eigenvalue weighted by atomic mass is 15.3. The van der Waals surface area contributed by atoms with E-state index < -0.39 is 0 Å². The molecule has 1 aliphatic rings. The van der Waals surface area contributed by atoms with Crippen LogP contribution in [0.1, 0.15) is 11.3 Å². The fourth-order valence-electron chi connectivity index (χ4n) is 2.85. The van der Waals surface area contributed by atoms with Gasteiger partial charge in [-0.15, -0.1) is 0 Å². The first kappa shape index (κ1) is 13.9. The van der Waals surface area contributed by atoms with E-state index >= 15 is 0 Å². The van der Waals surface area contributed by atoms with E-state index in [1.165, 1.54) is 16.9 Å². The summed E-state index contributed by atoms with van der Waals surface area (Å²) in [4.78, 5) is 9.42. The van der Waals surface area contributed by atoms with Crippen LogP contribution in [0.25, 0.3) is 0 Å². The van der Waals surface area contributed by atoms with Gasteiger partial charge in [-0.2, -0.15) is 0 Å². The number of hydrogen-bond donors (Lipinski definition) is 1. The van der Waals surface area contributed by atoms with Crippen molar-refractivity contribution in [2.45, 2.75) is 13.5 Å². The molecular formula is C17H22N4. The van der Waals surface area contributed by atoms with Gasteiger partial charge in [-0.3, -0.25) is 0 Å². The zero-order chi connectivity index (χ0) is 14.8. The van der Waals surface area contributed by atoms with Crippen LogP contribution >= 0.6 is 0 Å². The summed E-state index contributed by atoms with van der Waals surface area (Å²) in [6.45, 7) is 4.91. The number of rotatable bonds is 3. The fraction of sp³-hybridized carbons (Fsp3) is 0.353. The van der Waals surface area contributed by atoms with Gasteiger partial charge in [-0.25, -0.2) is 4.98 Å². The van der Waals surface area contributed by atoms with Gasteiger partial charge in [-0.05, 0) is 37.7 Å². The van der Waals surface area contributed by atoms with Gasteiger partial charge in [-0.1, -0.05) is 18.2 Å². The van der Waals surface area contributed by atoms with Crippen molar-refractivity contribution in [3.05, 3.63) is 47.7 Å². The number of nitrogens with zero attached hydrogens (tertiary/aromatic N) is 3. The number of aromatic nitrogens is 1. The Morgan fingerprint density at radius 1 is 1.10 bits per heavy atom. The van der Waals surface area contributed by atoms with Crippen molar-refractivity contribution < 1.29 is 0 Å². The van der Waals surface area contributed by atoms with Crippen LogP contribution in [0.2, 0.25) is 0 Å². The first-order valence-corrected chi connectivity index (χ1v) is 7.39. The molecule has 21 heavy (non-hydrogen) atoms. The molecule has 1 aromatic heterocycles. The molecule has 0 saturated heterocycles. The second-order valence-electron chi connectivity index (χ2n) is 5.51. The number of para-hydroxylation sites is 2. The molecule has 0 fully saturated rings. The molecule has 0 unspecified atom stereocenters. The summed E-state index contributed by atoms with van der Waals surface area (Å²) < 4.78 is 0. The SMILES string of the molecule is CNCc1ccc(N2CCN(C)c3ccccc32)nc1C. The molecule has 1 aliphatic heterocycles. The molecule has 4 heteroatoms. The molecule has 1 aromatic carbocycles. The van der Waals surface area contributed by atoms with E-state index in [1.807, 2.05) is 7.05 Å². The lowest BCUT2D eigenvalue weighted by molar-refractivity contribution is 0.792. The molecule has 0 radical (unpaired) electrons. The number of likely N-dealkylation sites (N-methyl/N-ethyl adjacent to an activating group) is 1. The first-order valence-electron chi connectivity index (χ1n) is 7.39. The van der Waals surface area contributed by atoms with E-state index in [2.05, 4.69) is 65.5 Å². The Kier molecular flexibility index (Phi) is 3.80. The first-order chi connectivity index (χ1) is 10.2. The average molecular weight is 282 g/mol. The van der Waals surface area contributed by atoms with Gasteiger partial charge in [0, 0.05) is 32.4 Å². The Bertz CT molecular complexity index is 638. The molecule has 0 atom stereocenters. The number of fused-ring (bicyclic) bond motifs is 1. The molecule has 110 valence electrons. The third kappa shape index (κ3) is 2.59. The predicted octanol–water partition coefficient (Wildman–Crippen LogP) is 2.70. The molecule has 2 aromatic rings. The highest BCUT2D eigenvalue weighted by molar-refractivity contribution is 5.78. The van der Waals surface area contributed by atoms with Gasteiger partial charge in [0.05, 0.1) is 11.4 Å². The summed E-state index contributed by atoms with van der Waals surface area (Å²) in [6.07, 6.45) is 0. The van der Waals surface area contributed by atoms with E-state index in [-0.39, 0.29) is 0 Å². The van der Waals surface area contributed by atoms with Crippen molar-refractivity contribution in [3.63, 3.8) is 0 Å². The summed E-state index contributed by atoms with van der Waals surface area (Å²) in [5, 5.41) is 3.18. The minimum absolute atomic E-state index is 0.860. The molecule has 0 aliphatic carbocycles. The molecular weight excluding hydrogens is 260 g/mol. The predicted molar refractivity (Wildman–Crippen MR) is 88.5 cm³/mol. The minimum Gasteiger partial charge on any atom is -0.371 e. The summed E-state index contributed by atoms with van der Waals surface area (Å²) in [7, 11) is 4.11. The maximum Gasteiger partial charge on any atom is 0.133 e.